The number of nitrogens with zero attached hydrogens (tertiary/aromatic N) is 1. The Morgan fingerprint density at radius 1 is 1.38 bits per heavy atom. The molecule has 112 valence electrons. The van der Waals surface area contributed by atoms with Gasteiger partial charge >= 0.3 is 5.97 Å². The highest BCUT2D eigenvalue weighted by Crippen LogP contribution is 2.25. The van der Waals surface area contributed by atoms with Gasteiger partial charge in [-0.2, -0.15) is 0 Å². The number of anilines is 1. The first kappa shape index (κ1) is 15.3. The number of carbonyl (C=O) groups is 1. The Kier molecular flexibility index (Phi) is 4.19. The molecule has 6 nitrogen and oxygen atoms in total. The fourth-order valence-corrected chi connectivity index (χ4v) is 3.62. The second-order valence-electron chi connectivity index (χ2n) is 3.71. The summed E-state index contributed by atoms with van der Waals surface area (Å²) in [7, 11) is -3.17. The first-order valence-electron chi connectivity index (χ1n) is 5.35. The van der Waals surface area contributed by atoms with Crippen molar-refractivity contribution in [1.82, 2.24) is 4.98 Å². The number of rotatable bonds is 4. The number of aromatic nitrogens is 1. The van der Waals surface area contributed by atoms with Crippen molar-refractivity contribution in [3.63, 3.8) is 0 Å². The van der Waals surface area contributed by atoms with E-state index in [4.69, 9.17) is 0 Å². The number of esters is 1. The highest BCUT2D eigenvalue weighted by molar-refractivity contribution is 7.94. The van der Waals surface area contributed by atoms with Crippen LogP contribution in [-0.2, 0) is 14.8 Å². The van der Waals surface area contributed by atoms with E-state index in [-0.39, 0.29) is 0 Å². The summed E-state index contributed by atoms with van der Waals surface area (Å²) < 4.78 is 56.4. The molecule has 0 atom stereocenters. The van der Waals surface area contributed by atoms with Gasteiger partial charge in [0.15, 0.2) is 9.90 Å². The molecule has 1 aromatic carbocycles. The lowest BCUT2D eigenvalue weighted by Crippen LogP contribution is -2.16. The summed E-state index contributed by atoms with van der Waals surface area (Å²) in [4.78, 5) is 15.0. The van der Waals surface area contributed by atoms with Gasteiger partial charge < -0.3 is 4.74 Å². The summed E-state index contributed by atoms with van der Waals surface area (Å²) in [6.45, 7) is 0. The average molecular weight is 334 g/mol. The van der Waals surface area contributed by atoms with Crippen molar-refractivity contribution in [1.29, 1.82) is 0 Å². The first-order valence-corrected chi connectivity index (χ1v) is 7.71. The molecule has 0 aliphatic heterocycles. The van der Waals surface area contributed by atoms with Gasteiger partial charge in [0.2, 0.25) is 0 Å². The lowest BCUT2D eigenvalue weighted by Gasteiger charge is -2.08. The number of hydrogen-bond acceptors (Lipinski definition) is 6. The SMILES string of the molecule is COC(=O)c1ncsc1S(=O)(=O)Nc1ccc(F)cc1F. The fraction of sp³-hybridized carbons (Fsp3) is 0.0909. The van der Waals surface area contributed by atoms with E-state index in [1.807, 2.05) is 4.72 Å². The van der Waals surface area contributed by atoms with Crippen LogP contribution in [-0.4, -0.2) is 26.5 Å². The highest BCUT2D eigenvalue weighted by atomic mass is 32.2. The Labute approximate surface area is 122 Å². The van der Waals surface area contributed by atoms with Gasteiger partial charge in [-0.3, -0.25) is 4.72 Å². The van der Waals surface area contributed by atoms with Crippen LogP contribution in [0.25, 0.3) is 0 Å². The number of carbonyl (C=O) groups excluding carboxylic acids is 1. The summed E-state index contributed by atoms with van der Waals surface area (Å²) in [6, 6.07) is 2.36. The smallest absolute Gasteiger partial charge is 0.358 e. The van der Waals surface area contributed by atoms with Gasteiger partial charge in [-0.05, 0) is 12.1 Å². The third-order valence-corrected chi connectivity index (χ3v) is 5.07. The van der Waals surface area contributed by atoms with E-state index in [9.17, 15) is 22.0 Å². The number of ether oxygens (including phenoxy) is 1. The summed E-state index contributed by atoms with van der Waals surface area (Å²) in [5.41, 5.74) is 0.292. The Morgan fingerprint density at radius 2 is 2.10 bits per heavy atom. The average Bonchev–Trinajstić information content (AvgIpc) is 2.91. The van der Waals surface area contributed by atoms with E-state index in [0.717, 1.165) is 24.8 Å². The zero-order chi connectivity index (χ0) is 15.6. The maximum Gasteiger partial charge on any atom is 0.358 e. The Bertz CT molecular complexity index is 789. The number of hydrogen-bond donors (Lipinski definition) is 1. The van der Waals surface area contributed by atoms with Crippen molar-refractivity contribution >= 4 is 33.0 Å². The molecule has 1 N–H and O–H groups in total. The van der Waals surface area contributed by atoms with E-state index in [0.29, 0.717) is 17.4 Å². The van der Waals surface area contributed by atoms with Crippen LogP contribution in [0, 0.1) is 11.6 Å². The minimum absolute atomic E-state index is 0.405. The highest BCUT2D eigenvalue weighted by Gasteiger charge is 2.27. The Morgan fingerprint density at radius 3 is 2.71 bits per heavy atom. The number of benzene rings is 1. The largest absolute Gasteiger partial charge is 0.464 e. The molecule has 0 spiro atoms. The molecule has 0 unspecified atom stereocenters. The number of nitrogens with one attached hydrogen (secondary N) is 1. The van der Waals surface area contributed by atoms with Crippen LogP contribution in [0.5, 0.6) is 0 Å². The van der Waals surface area contributed by atoms with Crippen molar-refractivity contribution in [2.45, 2.75) is 4.21 Å². The van der Waals surface area contributed by atoms with Crippen LogP contribution in [0.1, 0.15) is 10.5 Å². The molecule has 21 heavy (non-hydrogen) atoms. The van der Waals surface area contributed by atoms with Crippen molar-refractivity contribution in [2.24, 2.45) is 0 Å². The molecule has 0 radical (unpaired) electrons. The second-order valence-corrected chi connectivity index (χ2v) is 6.44. The molecule has 2 aromatic rings. The first-order chi connectivity index (χ1) is 9.85. The van der Waals surface area contributed by atoms with E-state index in [2.05, 4.69) is 9.72 Å². The van der Waals surface area contributed by atoms with Crippen molar-refractivity contribution in [3.05, 3.63) is 41.0 Å². The van der Waals surface area contributed by atoms with E-state index < -0.39 is 43.2 Å². The molecule has 0 bridgehead atoms. The summed E-state index contributed by atoms with van der Waals surface area (Å²) in [6.07, 6.45) is 0. The molecule has 10 heteroatoms. The molecule has 0 fully saturated rings. The van der Waals surface area contributed by atoms with Gasteiger partial charge in [0.1, 0.15) is 11.6 Å². The van der Waals surface area contributed by atoms with Crippen molar-refractivity contribution in [3.8, 4) is 0 Å². The van der Waals surface area contributed by atoms with Crippen LogP contribution in [0.3, 0.4) is 0 Å². The Hall–Kier alpha value is -2.07. The Balaban J connectivity index is 2.39. The van der Waals surface area contributed by atoms with Gasteiger partial charge in [-0.25, -0.2) is 27.0 Å². The second kappa shape index (κ2) is 5.74. The molecule has 0 amide bonds. The molecule has 0 aliphatic carbocycles. The maximum atomic E-state index is 13.5. The molecular weight excluding hydrogens is 326 g/mol. The van der Waals surface area contributed by atoms with Gasteiger partial charge in [0.25, 0.3) is 10.0 Å². The molecule has 0 aliphatic rings. The van der Waals surface area contributed by atoms with Gasteiger partial charge in [0, 0.05) is 6.07 Å². The molecule has 1 heterocycles. The maximum absolute atomic E-state index is 13.5. The van der Waals surface area contributed by atoms with Crippen LogP contribution in [0.15, 0.2) is 27.9 Å². The molecule has 0 saturated carbocycles. The molecule has 0 saturated heterocycles. The zero-order valence-corrected chi connectivity index (χ0v) is 12.1. The normalized spacial score (nSPS) is 11.2. The predicted octanol–water partition coefficient (Wildman–Crippen LogP) is 2.01. The van der Waals surface area contributed by atoms with E-state index >= 15 is 0 Å². The fourth-order valence-electron chi connectivity index (χ4n) is 1.42. The number of thiazole rings is 1. The minimum Gasteiger partial charge on any atom is -0.464 e. The lowest BCUT2D eigenvalue weighted by molar-refractivity contribution is 0.0590. The van der Waals surface area contributed by atoms with E-state index in [1.54, 1.807) is 0 Å². The third-order valence-electron chi connectivity index (χ3n) is 2.33. The number of halogens is 2. The van der Waals surface area contributed by atoms with Crippen LogP contribution in [0.2, 0.25) is 0 Å². The van der Waals surface area contributed by atoms with Gasteiger partial charge in [0.05, 0.1) is 18.3 Å². The van der Waals surface area contributed by atoms with E-state index in [1.165, 1.54) is 0 Å². The molecular formula is C11H8F2N2O4S2. The van der Waals surface area contributed by atoms with Crippen LogP contribution in [0.4, 0.5) is 14.5 Å². The van der Waals surface area contributed by atoms with Gasteiger partial charge in [-0.15, -0.1) is 11.3 Å². The molecule has 2 rings (SSSR count). The van der Waals surface area contributed by atoms with Crippen molar-refractivity contribution in [2.75, 3.05) is 11.8 Å². The van der Waals surface area contributed by atoms with Crippen LogP contribution < -0.4 is 4.72 Å². The molecule has 1 aromatic heterocycles. The number of methoxy groups -OCH3 is 1. The van der Waals surface area contributed by atoms with Crippen LogP contribution >= 0.6 is 11.3 Å². The zero-order valence-electron chi connectivity index (χ0n) is 10.5. The number of sulfonamides is 1. The monoisotopic (exact) mass is 334 g/mol. The predicted molar refractivity (Wildman–Crippen MR) is 70.6 cm³/mol. The third kappa shape index (κ3) is 3.16. The summed E-state index contributed by atoms with van der Waals surface area (Å²) in [5, 5.41) is 0. The topological polar surface area (TPSA) is 85.4 Å². The van der Waals surface area contributed by atoms with Gasteiger partial charge in [-0.1, -0.05) is 0 Å². The van der Waals surface area contributed by atoms with Crippen molar-refractivity contribution < 1.29 is 26.7 Å². The summed E-state index contributed by atoms with van der Waals surface area (Å²) in [5.74, 6) is -2.86. The minimum atomic E-state index is -4.25. The standard InChI is InChI=1S/C11H8F2N2O4S2/c1-19-10(16)9-11(20-5-14-9)21(17,18)15-8-3-2-6(12)4-7(8)13/h2-5,15H,1H3. The summed E-state index contributed by atoms with van der Waals surface area (Å²) >= 11 is 0.670. The lowest BCUT2D eigenvalue weighted by atomic mass is 10.3. The quantitative estimate of drug-likeness (QED) is 0.865.